The summed E-state index contributed by atoms with van der Waals surface area (Å²) in [6.07, 6.45) is 1.63. The van der Waals surface area contributed by atoms with Gasteiger partial charge in [-0.25, -0.2) is 4.79 Å². The number of primary amides is 1. The van der Waals surface area contributed by atoms with Crippen molar-refractivity contribution >= 4 is 12.1 Å². The summed E-state index contributed by atoms with van der Waals surface area (Å²) in [5.74, 6) is -0.764. The fraction of sp³-hybridized carbons (Fsp3) is 0.667. The number of aliphatic carboxylic acids is 1. The molecule has 102 valence electrons. The van der Waals surface area contributed by atoms with Gasteiger partial charge < -0.3 is 15.6 Å². The Hall–Kier alpha value is -1.52. The molecule has 17 heavy (non-hydrogen) atoms. The molecule has 0 atom stereocenters. The predicted molar refractivity (Wildman–Crippen MR) is 68.8 cm³/mol. The number of amides is 1. The van der Waals surface area contributed by atoms with Crippen molar-refractivity contribution in [2.24, 2.45) is 5.73 Å². The fourth-order valence-electron chi connectivity index (χ4n) is 0.527. The average Bonchev–Trinajstić information content (AvgIpc) is 2.15. The minimum absolute atomic E-state index is 0.198. The van der Waals surface area contributed by atoms with E-state index in [-0.39, 0.29) is 6.42 Å². The molecule has 5 nitrogen and oxygen atoms in total. The van der Waals surface area contributed by atoms with Gasteiger partial charge in [0.1, 0.15) is 5.60 Å². The number of rotatable bonds is 3. The van der Waals surface area contributed by atoms with E-state index in [0.717, 1.165) is 0 Å². The minimum Gasteiger partial charge on any atom is -0.481 e. The first-order chi connectivity index (χ1) is 7.69. The lowest BCUT2D eigenvalue weighted by atomic mass is 10.2. The Morgan fingerprint density at radius 3 is 1.82 bits per heavy atom. The van der Waals surface area contributed by atoms with Crippen LogP contribution in [0.15, 0.2) is 12.7 Å². The van der Waals surface area contributed by atoms with E-state index in [2.05, 4.69) is 11.3 Å². The lowest BCUT2D eigenvalue weighted by Crippen LogP contribution is -2.27. The number of hydrogen-bond acceptors (Lipinski definition) is 3. The number of allylic oxidation sites excluding steroid dienone is 1. The maximum atomic E-state index is 10.0. The van der Waals surface area contributed by atoms with Crippen LogP contribution in [0, 0.1) is 0 Å². The molecule has 0 saturated carbocycles. The van der Waals surface area contributed by atoms with Gasteiger partial charge in [-0.15, -0.1) is 6.58 Å². The van der Waals surface area contributed by atoms with Crippen LogP contribution in [0.1, 0.15) is 47.5 Å². The topological polar surface area (TPSA) is 89.6 Å². The largest absolute Gasteiger partial charge is 0.481 e. The standard InChI is InChI=1S/C5H11NO2.C5H8O2.C2H6/c1-5(2,3)8-4(6)7;1-2-3-4-5(6)7;1-2/h1-3H3,(H2,6,7);2H,1,3-4H2,(H,6,7);1-2H3. The van der Waals surface area contributed by atoms with Gasteiger partial charge in [0, 0.05) is 6.42 Å². The molecule has 0 rings (SSSR count). The summed E-state index contributed by atoms with van der Waals surface area (Å²) < 4.78 is 4.58. The maximum Gasteiger partial charge on any atom is 0.405 e. The molecule has 0 unspecified atom stereocenters. The zero-order valence-corrected chi connectivity index (χ0v) is 11.4. The van der Waals surface area contributed by atoms with Gasteiger partial charge in [0.25, 0.3) is 0 Å². The molecule has 5 heteroatoms. The first kappa shape index (κ1) is 20.8. The van der Waals surface area contributed by atoms with Crippen LogP contribution < -0.4 is 5.73 Å². The molecular formula is C12H25NO4. The van der Waals surface area contributed by atoms with E-state index in [9.17, 15) is 9.59 Å². The molecule has 0 radical (unpaired) electrons. The van der Waals surface area contributed by atoms with Crippen LogP contribution in [0.2, 0.25) is 0 Å². The molecule has 0 aromatic heterocycles. The summed E-state index contributed by atoms with van der Waals surface area (Å²) in [7, 11) is 0. The summed E-state index contributed by atoms with van der Waals surface area (Å²) in [4.78, 5) is 19.7. The molecule has 0 saturated heterocycles. The smallest absolute Gasteiger partial charge is 0.405 e. The van der Waals surface area contributed by atoms with E-state index in [1.54, 1.807) is 26.8 Å². The number of carbonyl (C=O) groups is 2. The van der Waals surface area contributed by atoms with E-state index < -0.39 is 17.7 Å². The molecule has 0 fully saturated rings. The summed E-state index contributed by atoms with van der Waals surface area (Å²) in [6.45, 7) is 12.7. The van der Waals surface area contributed by atoms with E-state index in [1.807, 2.05) is 13.8 Å². The van der Waals surface area contributed by atoms with E-state index in [0.29, 0.717) is 6.42 Å². The highest BCUT2D eigenvalue weighted by molar-refractivity contribution is 5.66. The summed E-state index contributed by atoms with van der Waals surface area (Å²) >= 11 is 0. The zero-order chi connectivity index (χ0) is 14.5. The molecular weight excluding hydrogens is 222 g/mol. The molecule has 0 aromatic rings. The summed E-state index contributed by atoms with van der Waals surface area (Å²) in [6, 6.07) is 0. The van der Waals surface area contributed by atoms with Gasteiger partial charge in [0.05, 0.1) is 0 Å². The molecule has 0 aliphatic rings. The fourth-order valence-corrected chi connectivity index (χ4v) is 0.527. The third-order valence-corrected chi connectivity index (χ3v) is 0.969. The van der Waals surface area contributed by atoms with Gasteiger partial charge in [0.2, 0.25) is 0 Å². The van der Waals surface area contributed by atoms with Crippen LogP contribution in [0.25, 0.3) is 0 Å². The Bertz CT molecular complexity index is 219. The van der Waals surface area contributed by atoms with E-state index in [4.69, 9.17) is 10.8 Å². The van der Waals surface area contributed by atoms with Crippen LogP contribution in [-0.4, -0.2) is 22.8 Å². The number of ether oxygens (including phenoxy) is 1. The second-order valence-electron chi connectivity index (χ2n) is 3.75. The lowest BCUT2D eigenvalue weighted by molar-refractivity contribution is -0.136. The molecule has 1 amide bonds. The first-order valence-electron chi connectivity index (χ1n) is 5.50. The summed E-state index contributed by atoms with van der Waals surface area (Å²) in [5.41, 5.74) is 4.26. The highest BCUT2D eigenvalue weighted by Crippen LogP contribution is 2.04. The van der Waals surface area contributed by atoms with E-state index in [1.165, 1.54) is 0 Å². The van der Waals surface area contributed by atoms with E-state index >= 15 is 0 Å². The molecule has 0 spiro atoms. The number of carbonyl (C=O) groups excluding carboxylic acids is 1. The zero-order valence-electron chi connectivity index (χ0n) is 11.4. The first-order valence-corrected chi connectivity index (χ1v) is 5.50. The average molecular weight is 247 g/mol. The molecule has 3 N–H and O–H groups in total. The van der Waals surface area contributed by atoms with Crippen LogP contribution in [0.5, 0.6) is 0 Å². The molecule has 0 aromatic carbocycles. The second kappa shape index (κ2) is 12.5. The minimum atomic E-state index is -0.764. The molecule has 0 aliphatic carbocycles. The SMILES string of the molecule is C=CCCC(=O)O.CC.CC(C)(C)OC(N)=O. The van der Waals surface area contributed by atoms with Crippen molar-refractivity contribution in [1.29, 1.82) is 0 Å². The van der Waals surface area contributed by atoms with Crippen molar-refractivity contribution in [3.8, 4) is 0 Å². The van der Waals surface area contributed by atoms with Gasteiger partial charge in [-0.2, -0.15) is 0 Å². The van der Waals surface area contributed by atoms with Crippen LogP contribution >= 0.6 is 0 Å². The van der Waals surface area contributed by atoms with Crippen molar-refractivity contribution in [3.05, 3.63) is 12.7 Å². The van der Waals surface area contributed by atoms with Crippen LogP contribution in [-0.2, 0) is 9.53 Å². The van der Waals surface area contributed by atoms with Crippen molar-refractivity contribution < 1.29 is 19.4 Å². The van der Waals surface area contributed by atoms with Crippen LogP contribution in [0.4, 0.5) is 4.79 Å². The quantitative estimate of drug-likeness (QED) is 0.750. The normalized spacial score (nSPS) is 8.76. The van der Waals surface area contributed by atoms with Gasteiger partial charge in [0.15, 0.2) is 0 Å². The summed E-state index contributed by atoms with van der Waals surface area (Å²) in [5, 5.41) is 8.00. The van der Waals surface area contributed by atoms with Gasteiger partial charge in [-0.1, -0.05) is 19.9 Å². The Morgan fingerprint density at radius 2 is 1.76 bits per heavy atom. The third kappa shape index (κ3) is 40.3. The molecule has 0 heterocycles. The van der Waals surface area contributed by atoms with Gasteiger partial charge >= 0.3 is 12.1 Å². The number of hydrogen-bond donors (Lipinski definition) is 2. The Morgan fingerprint density at radius 1 is 1.35 bits per heavy atom. The van der Waals surface area contributed by atoms with Crippen LogP contribution in [0.3, 0.4) is 0 Å². The lowest BCUT2D eigenvalue weighted by Gasteiger charge is -2.16. The Labute approximate surface area is 104 Å². The highest BCUT2D eigenvalue weighted by Gasteiger charge is 2.12. The predicted octanol–water partition coefficient (Wildman–Crippen LogP) is 2.94. The third-order valence-electron chi connectivity index (χ3n) is 0.969. The van der Waals surface area contributed by atoms with Crippen molar-refractivity contribution in [1.82, 2.24) is 0 Å². The maximum absolute atomic E-state index is 10.0. The number of nitrogens with two attached hydrogens (primary N) is 1. The van der Waals surface area contributed by atoms with Crippen molar-refractivity contribution in [2.45, 2.75) is 53.1 Å². The Balaban J connectivity index is -0.000000202. The van der Waals surface area contributed by atoms with Gasteiger partial charge in [-0.3, -0.25) is 4.79 Å². The van der Waals surface area contributed by atoms with Gasteiger partial charge in [-0.05, 0) is 27.2 Å². The monoisotopic (exact) mass is 247 g/mol. The second-order valence-corrected chi connectivity index (χ2v) is 3.75. The highest BCUT2D eigenvalue weighted by atomic mass is 16.6. The number of carboxylic acid groups (broad SMARTS) is 1. The molecule has 0 aliphatic heterocycles. The molecule has 0 bridgehead atoms. The van der Waals surface area contributed by atoms with Crippen molar-refractivity contribution in [2.75, 3.05) is 0 Å². The number of carboxylic acids is 1. The Kier molecular flexibility index (Phi) is 15.4. The van der Waals surface area contributed by atoms with Crippen molar-refractivity contribution in [3.63, 3.8) is 0 Å².